The van der Waals surface area contributed by atoms with Gasteiger partial charge in [-0.05, 0) is 69.8 Å². The fourth-order valence-electron chi connectivity index (χ4n) is 5.05. The molecule has 0 unspecified atom stereocenters. The zero-order valence-electron chi connectivity index (χ0n) is 18.2. The van der Waals surface area contributed by atoms with Crippen LogP contribution in [-0.2, 0) is 30.5 Å². The van der Waals surface area contributed by atoms with Crippen LogP contribution in [0.5, 0.6) is 0 Å². The van der Waals surface area contributed by atoms with Crippen LogP contribution in [0, 0.1) is 0 Å². The second-order valence-electron chi connectivity index (χ2n) is 9.21. The molecule has 0 bridgehead atoms. The first kappa shape index (κ1) is 20.3. The molecule has 4 aromatic heterocycles. The van der Waals surface area contributed by atoms with E-state index in [1.807, 2.05) is 11.3 Å². The van der Waals surface area contributed by atoms with Gasteiger partial charge in [0.1, 0.15) is 10.7 Å². The van der Waals surface area contributed by atoms with Crippen LogP contribution < -0.4 is 5.32 Å². The first-order valence-corrected chi connectivity index (χ1v) is 14.5. The number of thioether (sulfide) groups is 1. The number of carbonyl (C=O) groups excluding carboxylic acids is 1. The zero-order valence-corrected chi connectivity index (χ0v) is 20.7. The standard InChI is InChI=1S/C23H24N6OS3/c30-17(25-22-24-14-6-2-4-8-16(14)33-22)11-31-23-28-27-20-18-13-5-1-3-7-15(13)32-21(18)26-19(29(20)23)12-9-10-12/h12H,1-11H2,(H,24,25,30). The topological polar surface area (TPSA) is 85.1 Å². The highest BCUT2D eigenvalue weighted by Crippen LogP contribution is 2.44. The lowest BCUT2D eigenvalue weighted by Gasteiger charge is -2.11. The average molecular weight is 497 g/mol. The summed E-state index contributed by atoms with van der Waals surface area (Å²) in [6.45, 7) is 0. The number of aromatic nitrogens is 5. The number of aryl methyl sites for hydroxylation is 4. The Morgan fingerprint density at radius 3 is 2.67 bits per heavy atom. The van der Waals surface area contributed by atoms with Crippen molar-refractivity contribution >= 4 is 61.3 Å². The first-order chi connectivity index (χ1) is 16.2. The summed E-state index contributed by atoms with van der Waals surface area (Å²) in [6, 6.07) is 0. The summed E-state index contributed by atoms with van der Waals surface area (Å²) < 4.78 is 2.14. The quantitative estimate of drug-likeness (QED) is 0.384. The summed E-state index contributed by atoms with van der Waals surface area (Å²) >= 11 is 4.91. The molecule has 0 aliphatic heterocycles. The van der Waals surface area contributed by atoms with Crippen LogP contribution in [-0.4, -0.2) is 36.2 Å². The van der Waals surface area contributed by atoms with Crippen LogP contribution in [0.4, 0.5) is 5.13 Å². The van der Waals surface area contributed by atoms with E-state index < -0.39 is 0 Å². The molecule has 1 N–H and O–H groups in total. The lowest BCUT2D eigenvalue weighted by Crippen LogP contribution is -2.14. The predicted molar refractivity (Wildman–Crippen MR) is 133 cm³/mol. The Morgan fingerprint density at radius 1 is 1.00 bits per heavy atom. The van der Waals surface area contributed by atoms with Crippen molar-refractivity contribution in [2.75, 3.05) is 11.1 Å². The molecule has 4 heterocycles. The van der Waals surface area contributed by atoms with Crippen molar-refractivity contribution in [1.82, 2.24) is 24.6 Å². The Hall–Kier alpha value is -2.04. The van der Waals surface area contributed by atoms with E-state index in [9.17, 15) is 4.79 Å². The molecule has 0 atom stereocenters. The fraction of sp³-hybridized carbons (Fsp3) is 0.522. The van der Waals surface area contributed by atoms with Crippen molar-refractivity contribution in [1.29, 1.82) is 0 Å². The summed E-state index contributed by atoms with van der Waals surface area (Å²) in [5.41, 5.74) is 3.52. The molecule has 10 heteroatoms. The van der Waals surface area contributed by atoms with E-state index in [4.69, 9.17) is 4.98 Å². The van der Waals surface area contributed by atoms with E-state index in [-0.39, 0.29) is 11.7 Å². The third-order valence-electron chi connectivity index (χ3n) is 6.82. The average Bonchev–Trinajstić information content (AvgIpc) is 3.29. The third-order valence-corrected chi connectivity index (χ3v) is 10.0. The molecule has 1 saturated carbocycles. The van der Waals surface area contributed by atoms with Crippen LogP contribution in [0.3, 0.4) is 0 Å². The summed E-state index contributed by atoms with van der Waals surface area (Å²) in [5.74, 6) is 1.78. The summed E-state index contributed by atoms with van der Waals surface area (Å²) in [7, 11) is 0. The van der Waals surface area contributed by atoms with Gasteiger partial charge in [-0.2, -0.15) is 0 Å². The minimum absolute atomic E-state index is 0.0437. The smallest absolute Gasteiger partial charge is 0.236 e. The number of rotatable bonds is 5. The molecular weight excluding hydrogens is 472 g/mol. The third kappa shape index (κ3) is 3.57. The van der Waals surface area contributed by atoms with Crippen LogP contribution in [0.1, 0.15) is 71.3 Å². The fourth-order valence-corrected chi connectivity index (χ4v) is 8.12. The highest BCUT2D eigenvalue weighted by molar-refractivity contribution is 7.99. The number of hydrogen-bond acceptors (Lipinski definition) is 8. The van der Waals surface area contributed by atoms with Gasteiger partial charge in [0, 0.05) is 15.7 Å². The molecule has 1 fully saturated rings. The molecule has 0 aromatic carbocycles. The second kappa shape index (κ2) is 8.02. The Balaban J connectivity index is 1.18. The molecule has 7 nitrogen and oxygen atoms in total. The van der Waals surface area contributed by atoms with Gasteiger partial charge in [0.15, 0.2) is 15.9 Å². The van der Waals surface area contributed by atoms with Gasteiger partial charge in [-0.25, -0.2) is 9.97 Å². The SMILES string of the molecule is O=C(CSc1nnc2c3c4c(sc3nc(C3CC3)n12)CCCC4)Nc1nc2c(s1)CCCC2. The van der Waals surface area contributed by atoms with Crippen molar-refractivity contribution in [3.05, 3.63) is 26.8 Å². The predicted octanol–water partition coefficient (Wildman–Crippen LogP) is 5.16. The summed E-state index contributed by atoms with van der Waals surface area (Å²) in [5, 5.41) is 14.8. The van der Waals surface area contributed by atoms with Gasteiger partial charge in [0.2, 0.25) is 5.91 Å². The molecule has 0 radical (unpaired) electrons. The highest BCUT2D eigenvalue weighted by Gasteiger charge is 2.32. The molecule has 0 spiro atoms. The zero-order chi connectivity index (χ0) is 21.9. The Labute approximate surface area is 203 Å². The lowest BCUT2D eigenvalue weighted by molar-refractivity contribution is -0.113. The maximum Gasteiger partial charge on any atom is 0.236 e. The van der Waals surface area contributed by atoms with Gasteiger partial charge in [-0.3, -0.25) is 9.20 Å². The van der Waals surface area contributed by atoms with E-state index in [1.54, 1.807) is 11.3 Å². The Bertz CT molecular complexity index is 1380. The van der Waals surface area contributed by atoms with Crippen molar-refractivity contribution in [2.45, 2.75) is 75.3 Å². The van der Waals surface area contributed by atoms with E-state index in [1.165, 1.54) is 63.8 Å². The van der Waals surface area contributed by atoms with Crippen molar-refractivity contribution < 1.29 is 4.79 Å². The minimum atomic E-state index is -0.0437. The molecule has 4 aromatic rings. The molecule has 170 valence electrons. The number of thiophene rings is 1. The molecule has 3 aliphatic carbocycles. The van der Waals surface area contributed by atoms with Crippen LogP contribution in [0.15, 0.2) is 5.16 Å². The molecule has 33 heavy (non-hydrogen) atoms. The summed E-state index contributed by atoms with van der Waals surface area (Å²) in [6.07, 6.45) is 11.6. The minimum Gasteiger partial charge on any atom is -0.301 e. The van der Waals surface area contributed by atoms with Crippen LogP contribution in [0.25, 0.3) is 15.9 Å². The largest absolute Gasteiger partial charge is 0.301 e. The number of thiazole rings is 1. The molecule has 3 aliphatic rings. The molecule has 1 amide bonds. The molecular formula is C23H24N6OS3. The number of nitrogens with one attached hydrogen (secondary N) is 1. The normalized spacial score (nSPS) is 17.9. The monoisotopic (exact) mass is 496 g/mol. The van der Waals surface area contributed by atoms with E-state index in [0.717, 1.165) is 65.1 Å². The lowest BCUT2D eigenvalue weighted by atomic mass is 9.97. The van der Waals surface area contributed by atoms with Crippen molar-refractivity contribution in [3.63, 3.8) is 0 Å². The number of carbonyl (C=O) groups is 1. The van der Waals surface area contributed by atoms with Gasteiger partial charge in [-0.15, -0.1) is 32.9 Å². The summed E-state index contributed by atoms with van der Waals surface area (Å²) in [4.78, 5) is 26.4. The van der Waals surface area contributed by atoms with Crippen molar-refractivity contribution in [3.8, 4) is 0 Å². The van der Waals surface area contributed by atoms with E-state index >= 15 is 0 Å². The maximum absolute atomic E-state index is 12.7. The first-order valence-electron chi connectivity index (χ1n) is 11.8. The Morgan fingerprint density at radius 2 is 1.82 bits per heavy atom. The Kier molecular flexibility index (Phi) is 4.95. The van der Waals surface area contributed by atoms with Gasteiger partial charge >= 0.3 is 0 Å². The molecule has 7 rings (SSSR count). The van der Waals surface area contributed by atoms with E-state index in [2.05, 4.69) is 24.9 Å². The number of amides is 1. The molecule has 0 saturated heterocycles. The number of fused-ring (bicyclic) bond motifs is 6. The van der Waals surface area contributed by atoms with Crippen molar-refractivity contribution in [2.24, 2.45) is 0 Å². The number of hydrogen-bond donors (Lipinski definition) is 1. The van der Waals surface area contributed by atoms with Crippen LogP contribution in [0.2, 0.25) is 0 Å². The highest BCUT2D eigenvalue weighted by atomic mass is 32.2. The second-order valence-corrected chi connectivity index (χ2v) is 12.3. The van der Waals surface area contributed by atoms with Gasteiger partial charge in [-0.1, -0.05) is 11.8 Å². The van der Waals surface area contributed by atoms with Gasteiger partial charge in [0.25, 0.3) is 0 Å². The number of anilines is 1. The van der Waals surface area contributed by atoms with E-state index in [0.29, 0.717) is 5.92 Å². The van der Waals surface area contributed by atoms with Crippen LogP contribution >= 0.6 is 34.4 Å². The van der Waals surface area contributed by atoms with Gasteiger partial charge < -0.3 is 5.32 Å². The number of nitrogens with zero attached hydrogens (tertiary/aromatic N) is 5. The van der Waals surface area contributed by atoms with Gasteiger partial charge in [0.05, 0.1) is 16.8 Å². The maximum atomic E-state index is 12.7.